The van der Waals surface area contributed by atoms with Gasteiger partial charge in [-0.25, -0.2) is 0 Å². The van der Waals surface area contributed by atoms with Crippen LogP contribution in [0.15, 0.2) is 0 Å². The SMILES string of the molecule is CC1(C)C2CCC(C2)C1CCCl. The van der Waals surface area contributed by atoms with E-state index in [1.165, 1.54) is 25.7 Å². The Bertz CT molecular complexity index is 174. The molecular formula is C11H19Cl. The van der Waals surface area contributed by atoms with Crippen LogP contribution in [0.3, 0.4) is 0 Å². The first kappa shape index (κ1) is 8.87. The molecule has 0 saturated heterocycles. The Kier molecular flexibility index (Phi) is 2.15. The zero-order valence-corrected chi connectivity index (χ0v) is 8.90. The molecule has 0 radical (unpaired) electrons. The third-order valence-corrected chi connectivity index (χ3v) is 4.69. The predicted octanol–water partition coefficient (Wildman–Crippen LogP) is 3.69. The Morgan fingerprint density at radius 1 is 1.33 bits per heavy atom. The highest BCUT2D eigenvalue weighted by Gasteiger charge is 2.51. The minimum Gasteiger partial charge on any atom is -0.127 e. The summed E-state index contributed by atoms with van der Waals surface area (Å²) < 4.78 is 0. The molecule has 2 bridgehead atoms. The topological polar surface area (TPSA) is 0 Å². The maximum atomic E-state index is 5.85. The summed E-state index contributed by atoms with van der Waals surface area (Å²) in [6.45, 7) is 4.90. The number of alkyl halides is 1. The van der Waals surface area contributed by atoms with Crippen LogP contribution in [0.2, 0.25) is 0 Å². The summed E-state index contributed by atoms with van der Waals surface area (Å²) in [5, 5.41) is 0. The highest BCUT2D eigenvalue weighted by Crippen LogP contribution is 2.60. The van der Waals surface area contributed by atoms with Crippen molar-refractivity contribution < 1.29 is 0 Å². The molecule has 2 fully saturated rings. The molecule has 1 heteroatoms. The fraction of sp³-hybridized carbons (Fsp3) is 1.00. The molecule has 0 N–H and O–H groups in total. The molecule has 0 spiro atoms. The van der Waals surface area contributed by atoms with E-state index in [2.05, 4.69) is 13.8 Å². The normalized spacial score (nSPS) is 43.8. The number of hydrogen-bond donors (Lipinski definition) is 0. The third-order valence-electron chi connectivity index (χ3n) is 4.47. The quantitative estimate of drug-likeness (QED) is 0.578. The van der Waals surface area contributed by atoms with Gasteiger partial charge in [-0.15, -0.1) is 11.6 Å². The average molecular weight is 187 g/mol. The highest BCUT2D eigenvalue weighted by atomic mass is 35.5. The molecule has 12 heavy (non-hydrogen) atoms. The van der Waals surface area contributed by atoms with Crippen molar-refractivity contribution in [1.29, 1.82) is 0 Å². The zero-order valence-electron chi connectivity index (χ0n) is 8.15. The molecule has 0 aromatic carbocycles. The summed E-state index contributed by atoms with van der Waals surface area (Å²) in [5.74, 6) is 3.81. The summed E-state index contributed by atoms with van der Waals surface area (Å²) in [7, 11) is 0. The van der Waals surface area contributed by atoms with Crippen LogP contribution >= 0.6 is 11.6 Å². The summed E-state index contributed by atoms with van der Waals surface area (Å²) >= 11 is 5.85. The van der Waals surface area contributed by atoms with Crippen molar-refractivity contribution in [3.8, 4) is 0 Å². The second-order valence-corrected chi connectivity index (χ2v) is 5.55. The molecule has 3 unspecified atom stereocenters. The Hall–Kier alpha value is 0.290. The summed E-state index contributed by atoms with van der Waals surface area (Å²) in [6, 6.07) is 0. The maximum Gasteiger partial charge on any atom is 0.0226 e. The fourth-order valence-corrected chi connectivity index (χ4v) is 3.93. The van der Waals surface area contributed by atoms with Gasteiger partial charge < -0.3 is 0 Å². The average Bonchev–Trinajstić information content (AvgIpc) is 2.53. The van der Waals surface area contributed by atoms with Crippen molar-refractivity contribution in [2.45, 2.75) is 39.5 Å². The third kappa shape index (κ3) is 1.11. The van der Waals surface area contributed by atoms with Crippen LogP contribution in [0.25, 0.3) is 0 Å². The van der Waals surface area contributed by atoms with Gasteiger partial charge in [0.25, 0.3) is 0 Å². The van der Waals surface area contributed by atoms with E-state index in [1.807, 2.05) is 0 Å². The van der Waals surface area contributed by atoms with Gasteiger partial charge in [0.05, 0.1) is 0 Å². The van der Waals surface area contributed by atoms with Gasteiger partial charge in [0.1, 0.15) is 0 Å². The van der Waals surface area contributed by atoms with E-state index in [1.54, 1.807) is 0 Å². The molecule has 0 aromatic heterocycles. The van der Waals surface area contributed by atoms with Gasteiger partial charge in [-0.05, 0) is 48.9 Å². The van der Waals surface area contributed by atoms with Crippen LogP contribution in [-0.4, -0.2) is 5.88 Å². The first-order chi connectivity index (χ1) is 5.66. The second kappa shape index (κ2) is 2.90. The standard InChI is InChI=1S/C11H19Cl/c1-11(2)9-4-3-8(7-9)10(11)5-6-12/h8-10H,3-7H2,1-2H3. The Morgan fingerprint density at radius 3 is 2.58 bits per heavy atom. The molecule has 3 atom stereocenters. The highest BCUT2D eigenvalue weighted by molar-refractivity contribution is 6.17. The van der Waals surface area contributed by atoms with Crippen LogP contribution < -0.4 is 0 Å². The van der Waals surface area contributed by atoms with Gasteiger partial charge in [0, 0.05) is 5.88 Å². The lowest BCUT2D eigenvalue weighted by Gasteiger charge is -2.38. The Labute approximate surface area is 80.7 Å². The van der Waals surface area contributed by atoms with Crippen molar-refractivity contribution >= 4 is 11.6 Å². The first-order valence-corrected chi connectivity index (χ1v) is 5.75. The van der Waals surface area contributed by atoms with Crippen LogP contribution in [0, 0.1) is 23.2 Å². The minimum atomic E-state index is 0.595. The van der Waals surface area contributed by atoms with E-state index in [-0.39, 0.29) is 0 Å². The zero-order chi connectivity index (χ0) is 8.77. The van der Waals surface area contributed by atoms with Gasteiger partial charge in [0.2, 0.25) is 0 Å². The van der Waals surface area contributed by atoms with Crippen LogP contribution in [-0.2, 0) is 0 Å². The van der Waals surface area contributed by atoms with Crippen molar-refractivity contribution in [3.63, 3.8) is 0 Å². The molecule has 2 aliphatic carbocycles. The van der Waals surface area contributed by atoms with E-state index in [4.69, 9.17) is 11.6 Å². The lowest BCUT2D eigenvalue weighted by molar-refractivity contribution is 0.119. The van der Waals surface area contributed by atoms with Crippen LogP contribution in [0.5, 0.6) is 0 Å². The van der Waals surface area contributed by atoms with E-state index in [0.29, 0.717) is 5.41 Å². The molecule has 0 heterocycles. The largest absolute Gasteiger partial charge is 0.127 e. The molecular weight excluding hydrogens is 168 g/mol. The lowest BCUT2D eigenvalue weighted by atomic mass is 9.68. The summed E-state index contributed by atoms with van der Waals surface area (Å²) in [6.07, 6.45) is 5.70. The number of halogens is 1. The molecule has 0 nitrogen and oxygen atoms in total. The number of hydrogen-bond acceptors (Lipinski definition) is 0. The maximum absolute atomic E-state index is 5.85. The van der Waals surface area contributed by atoms with Crippen molar-refractivity contribution in [2.24, 2.45) is 23.2 Å². The number of rotatable bonds is 2. The fourth-order valence-electron chi connectivity index (χ4n) is 3.69. The van der Waals surface area contributed by atoms with Gasteiger partial charge in [0.15, 0.2) is 0 Å². The lowest BCUT2D eigenvalue weighted by Crippen LogP contribution is -2.30. The van der Waals surface area contributed by atoms with E-state index < -0.39 is 0 Å². The summed E-state index contributed by atoms with van der Waals surface area (Å²) in [5.41, 5.74) is 0.595. The molecule has 0 aromatic rings. The monoisotopic (exact) mass is 186 g/mol. The molecule has 70 valence electrons. The predicted molar refractivity (Wildman–Crippen MR) is 53.4 cm³/mol. The van der Waals surface area contributed by atoms with E-state index >= 15 is 0 Å². The molecule has 2 rings (SSSR count). The van der Waals surface area contributed by atoms with Crippen molar-refractivity contribution in [1.82, 2.24) is 0 Å². The van der Waals surface area contributed by atoms with Crippen LogP contribution in [0.4, 0.5) is 0 Å². The Morgan fingerprint density at radius 2 is 2.08 bits per heavy atom. The molecule has 0 aliphatic heterocycles. The summed E-state index contributed by atoms with van der Waals surface area (Å²) in [4.78, 5) is 0. The molecule has 2 saturated carbocycles. The van der Waals surface area contributed by atoms with Gasteiger partial charge in [-0.3, -0.25) is 0 Å². The van der Waals surface area contributed by atoms with Crippen LogP contribution in [0.1, 0.15) is 39.5 Å². The minimum absolute atomic E-state index is 0.595. The second-order valence-electron chi connectivity index (χ2n) is 5.18. The van der Waals surface area contributed by atoms with Gasteiger partial charge in [-0.1, -0.05) is 13.8 Å². The van der Waals surface area contributed by atoms with Crippen molar-refractivity contribution in [2.75, 3.05) is 5.88 Å². The molecule has 0 amide bonds. The van der Waals surface area contributed by atoms with Crippen molar-refractivity contribution in [3.05, 3.63) is 0 Å². The Balaban J connectivity index is 2.12. The smallest absolute Gasteiger partial charge is 0.0226 e. The number of fused-ring (bicyclic) bond motifs is 2. The van der Waals surface area contributed by atoms with Gasteiger partial charge >= 0.3 is 0 Å². The van der Waals surface area contributed by atoms with Gasteiger partial charge in [-0.2, -0.15) is 0 Å². The van der Waals surface area contributed by atoms with E-state index in [0.717, 1.165) is 23.6 Å². The first-order valence-electron chi connectivity index (χ1n) is 5.22. The molecule has 2 aliphatic rings. The van der Waals surface area contributed by atoms with E-state index in [9.17, 15) is 0 Å².